The van der Waals surface area contributed by atoms with E-state index in [4.69, 9.17) is 5.11 Å². The number of aliphatic hydroxyl groups is 1. The van der Waals surface area contributed by atoms with Crippen LogP contribution in [0.2, 0.25) is 0 Å². The summed E-state index contributed by atoms with van der Waals surface area (Å²) in [6.45, 7) is 1.61. The van der Waals surface area contributed by atoms with E-state index in [0.717, 1.165) is 43.4 Å². The number of hydrogen-bond acceptors (Lipinski definition) is 3. The number of carbonyl (C=O) groups excluding carboxylic acids is 1. The maximum absolute atomic E-state index is 12.6. The van der Waals surface area contributed by atoms with Crippen molar-refractivity contribution in [3.05, 3.63) is 35.4 Å². The van der Waals surface area contributed by atoms with Gasteiger partial charge in [-0.3, -0.25) is 10.1 Å². The first-order valence-electron chi connectivity index (χ1n) is 8.44. The summed E-state index contributed by atoms with van der Waals surface area (Å²) >= 11 is 0. The van der Waals surface area contributed by atoms with Gasteiger partial charge in [-0.2, -0.15) is 0 Å². The van der Waals surface area contributed by atoms with Gasteiger partial charge in [-0.1, -0.05) is 37.1 Å². The van der Waals surface area contributed by atoms with Gasteiger partial charge in [-0.05, 0) is 42.7 Å². The first kappa shape index (κ1) is 15.5. The zero-order valence-electron chi connectivity index (χ0n) is 13.1. The molecular formula is C18H26N2O2. The van der Waals surface area contributed by atoms with Gasteiger partial charge in [0, 0.05) is 13.1 Å². The molecule has 1 amide bonds. The van der Waals surface area contributed by atoms with E-state index in [0.29, 0.717) is 12.5 Å². The minimum atomic E-state index is -0.384. The Morgan fingerprint density at radius 2 is 1.77 bits per heavy atom. The molecule has 2 saturated carbocycles. The van der Waals surface area contributed by atoms with Crippen LogP contribution in [-0.2, 0) is 17.9 Å². The Balaban J connectivity index is 1.58. The molecule has 3 rings (SSSR count). The first-order valence-corrected chi connectivity index (χ1v) is 8.44. The van der Waals surface area contributed by atoms with Gasteiger partial charge in [0.1, 0.15) is 0 Å². The Bertz CT molecular complexity index is 502. The second-order valence-electron chi connectivity index (χ2n) is 6.77. The van der Waals surface area contributed by atoms with Crippen molar-refractivity contribution in [1.29, 1.82) is 0 Å². The minimum absolute atomic E-state index is 0.0707. The van der Waals surface area contributed by atoms with Crippen LogP contribution in [0.15, 0.2) is 24.3 Å². The fourth-order valence-electron chi connectivity index (χ4n) is 3.22. The fraction of sp³-hybridized carbons (Fsp3) is 0.611. The highest BCUT2D eigenvalue weighted by Crippen LogP contribution is 2.32. The number of rotatable bonds is 7. The Hall–Kier alpha value is -1.39. The van der Waals surface area contributed by atoms with Crippen molar-refractivity contribution in [3.8, 4) is 0 Å². The number of benzene rings is 1. The summed E-state index contributed by atoms with van der Waals surface area (Å²) in [5.74, 6) is 0.900. The van der Waals surface area contributed by atoms with Crippen molar-refractivity contribution >= 4 is 5.91 Å². The highest BCUT2D eigenvalue weighted by atomic mass is 16.3. The van der Waals surface area contributed by atoms with Gasteiger partial charge >= 0.3 is 0 Å². The molecule has 22 heavy (non-hydrogen) atoms. The summed E-state index contributed by atoms with van der Waals surface area (Å²) in [5.41, 5.74) is 1.69. The molecule has 1 aromatic carbocycles. The van der Waals surface area contributed by atoms with Crippen LogP contribution >= 0.6 is 0 Å². The van der Waals surface area contributed by atoms with Crippen molar-refractivity contribution in [2.45, 2.75) is 57.2 Å². The Morgan fingerprint density at radius 1 is 1.14 bits per heavy atom. The molecule has 4 heteroatoms. The molecule has 120 valence electrons. The lowest BCUT2D eigenvalue weighted by Crippen LogP contribution is -2.55. The lowest BCUT2D eigenvalue weighted by Gasteiger charge is -2.29. The number of carbonyl (C=O) groups is 1. The molecule has 2 aliphatic carbocycles. The summed E-state index contributed by atoms with van der Waals surface area (Å²) in [7, 11) is 0. The fourth-order valence-corrected chi connectivity index (χ4v) is 3.22. The molecule has 2 fully saturated rings. The molecule has 3 N–H and O–H groups in total. The van der Waals surface area contributed by atoms with E-state index in [1.54, 1.807) is 0 Å². The maximum atomic E-state index is 12.6. The van der Waals surface area contributed by atoms with E-state index < -0.39 is 0 Å². The van der Waals surface area contributed by atoms with E-state index in [-0.39, 0.29) is 18.1 Å². The third-order valence-electron chi connectivity index (χ3n) is 4.98. The number of amides is 1. The van der Waals surface area contributed by atoms with Gasteiger partial charge in [0.15, 0.2) is 0 Å². The molecule has 0 spiro atoms. The molecule has 0 aromatic heterocycles. The summed E-state index contributed by atoms with van der Waals surface area (Å²) in [6, 6.07) is 7.91. The van der Waals surface area contributed by atoms with Crippen molar-refractivity contribution in [2.24, 2.45) is 5.92 Å². The van der Waals surface area contributed by atoms with Crippen LogP contribution in [0, 0.1) is 5.92 Å². The van der Waals surface area contributed by atoms with Crippen LogP contribution in [0.3, 0.4) is 0 Å². The van der Waals surface area contributed by atoms with E-state index in [2.05, 4.69) is 10.6 Å². The van der Waals surface area contributed by atoms with Gasteiger partial charge in [-0.25, -0.2) is 0 Å². The Labute approximate surface area is 132 Å². The predicted molar refractivity (Wildman–Crippen MR) is 86.1 cm³/mol. The quantitative estimate of drug-likeness (QED) is 0.723. The van der Waals surface area contributed by atoms with Crippen molar-refractivity contribution in [1.82, 2.24) is 10.6 Å². The highest BCUT2D eigenvalue weighted by Gasteiger charge is 2.40. The standard InChI is InChI=1S/C18H26N2O2/c21-13-16-7-5-15(6-8-16)12-20-18(9-1-2-10-18)17(22)19-11-14-3-4-14/h5-8,14,20-21H,1-4,9-13H2,(H,19,22). The van der Waals surface area contributed by atoms with E-state index in [9.17, 15) is 4.79 Å². The van der Waals surface area contributed by atoms with Crippen LogP contribution < -0.4 is 10.6 Å². The van der Waals surface area contributed by atoms with Crippen LogP contribution in [0.5, 0.6) is 0 Å². The monoisotopic (exact) mass is 302 g/mol. The topological polar surface area (TPSA) is 61.4 Å². The van der Waals surface area contributed by atoms with Gasteiger partial charge in [0.25, 0.3) is 0 Å². The van der Waals surface area contributed by atoms with Crippen LogP contribution in [0.25, 0.3) is 0 Å². The van der Waals surface area contributed by atoms with Crippen LogP contribution in [0.4, 0.5) is 0 Å². The van der Waals surface area contributed by atoms with Gasteiger partial charge < -0.3 is 10.4 Å². The summed E-state index contributed by atoms with van der Waals surface area (Å²) in [5, 5.41) is 15.8. The van der Waals surface area contributed by atoms with Crippen molar-refractivity contribution in [2.75, 3.05) is 6.54 Å². The zero-order valence-corrected chi connectivity index (χ0v) is 13.1. The third-order valence-corrected chi connectivity index (χ3v) is 4.98. The smallest absolute Gasteiger partial charge is 0.240 e. The average molecular weight is 302 g/mol. The van der Waals surface area contributed by atoms with Crippen molar-refractivity contribution in [3.63, 3.8) is 0 Å². The van der Waals surface area contributed by atoms with Gasteiger partial charge in [0.2, 0.25) is 5.91 Å². The van der Waals surface area contributed by atoms with Crippen LogP contribution in [-0.4, -0.2) is 23.1 Å². The number of hydrogen-bond donors (Lipinski definition) is 3. The lowest BCUT2D eigenvalue weighted by atomic mass is 9.95. The Morgan fingerprint density at radius 3 is 2.36 bits per heavy atom. The SMILES string of the molecule is O=C(NCC1CC1)C1(NCc2ccc(CO)cc2)CCCC1. The van der Waals surface area contributed by atoms with E-state index in [1.165, 1.54) is 12.8 Å². The zero-order chi connectivity index (χ0) is 15.4. The lowest BCUT2D eigenvalue weighted by molar-refractivity contribution is -0.127. The summed E-state index contributed by atoms with van der Waals surface area (Å²) in [4.78, 5) is 12.6. The molecule has 0 aliphatic heterocycles. The van der Waals surface area contributed by atoms with Gasteiger partial charge in [0.05, 0.1) is 12.1 Å². The molecule has 0 unspecified atom stereocenters. The van der Waals surface area contributed by atoms with Crippen molar-refractivity contribution < 1.29 is 9.90 Å². The molecule has 4 nitrogen and oxygen atoms in total. The van der Waals surface area contributed by atoms with E-state index in [1.807, 2.05) is 24.3 Å². The minimum Gasteiger partial charge on any atom is -0.392 e. The number of nitrogens with one attached hydrogen (secondary N) is 2. The molecule has 1 aromatic rings. The molecule has 0 radical (unpaired) electrons. The molecule has 0 atom stereocenters. The van der Waals surface area contributed by atoms with Crippen LogP contribution in [0.1, 0.15) is 49.7 Å². The maximum Gasteiger partial charge on any atom is 0.240 e. The second kappa shape index (κ2) is 6.80. The third kappa shape index (κ3) is 3.68. The molecule has 0 saturated heterocycles. The second-order valence-corrected chi connectivity index (χ2v) is 6.77. The van der Waals surface area contributed by atoms with E-state index >= 15 is 0 Å². The number of aliphatic hydroxyl groups excluding tert-OH is 1. The largest absolute Gasteiger partial charge is 0.392 e. The Kier molecular flexibility index (Phi) is 4.79. The average Bonchev–Trinajstić information content (AvgIpc) is 3.27. The summed E-state index contributed by atoms with van der Waals surface area (Å²) in [6.07, 6.45) is 6.62. The normalized spacial score (nSPS) is 20.0. The first-order chi connectivity index (χ1) is 10.7. The molecule has 2 aliphatic rings. The highest BCUT2D eigenvalue weighted by molar-refractivity contribution is 5.86. The molecule has 0 bridgehead atoms. The molecular weight excluding hydrogens is 276 g/mol. The molecule has 0 heterocycles. The predicted octanol–water partition coefficient (Wildman–Crippen LogP) is 2.11. The van der Waals surface area contributed by atoms with Gasteiger partial charge in [-0.15, -0.1) is 0 Å². The summed E-state index contributed by atoms with van der Waals surface area (Å²) < 4.78 is 0.